The van der Waals surface area contributed by atoms with E-state index in [2.05, 4.69) is 5.32 Å². The Bertz CT molecular complexity index is 935. The van der Waals surface area contributed by atoms with Gasteiger partial charge in [-0.05, 0) is 64.2 Å². The van der Waals surface area contributed by atoms with Crippen molar-refractivity contribution in [1.29, 1.82) is 0 Å². The molecular weight excluding hydrogens is 510 g/mol. The highest BCUT2D eigenvalue weighted by atomic mass is 16.7. The van der Waals surface area contributed by atoms with Crippen LogP contribution in [0.2, 0.25) is 0 Å². The molecule has 39 heavy (non-hydrogen) atoms. The van der Waals surface area contributed by atoms with Gasteiger partial charge >= 0.3 is 24.2 Å². The fraction of sp³-hybridized carbons (Fsp3) is 0.643. The number of hydrogen-bond donors (Lipinski definition) is 2. The van der Waals surface area contributed by atoms with E-state index >= 15 is 0 Å². The van der Waals surface area contributed by atoms with Gasteiger partial charge in [-0.1, -0.05) is 39.7 Å². The summed E-state index contributed by atoms with van der Waals surface area (Å²) in [6.45, 7) is 11.0. The first-order valence-electron chi connectivity index (χ1n) is 13.5. The second-order valence-electron chi connectivity index (χ2n) is 9.47. The lowest BCUT2D eigenvalue weighted by molar-refractivity contribution is -0.148. The summed E-state index contributed by atoms with van der Waals surface area (Å²) in [5, 5.41) is 12.6. The molecule has 0 saturated carbocycles. The van der Waals surface area contributed by atoms with Crippen LogP contribution in [0.5, 0.6) is 11.5 Å². The molecule has 1 rings (SSSR count). The van der Waals surface area contributed by atoms with E-state index in [0.29, 0.717) is 24.8 Å². The highest BCUT2D eigenvalue weighted by Gasteiger charge is 2.23. The van der Waals surface area contributed by atoms with Crippen molar-refractivity contribution in [2.45, 2.75) is 111 Å². The van der Waals surface area contributed by atoms with Crippen LogP contribution in [0.15, 0.2) is 18.2 Å². The molecule has 0 heterocycles. The summed E-state index contributed by atoms with van der Waals surface area (Å²) in [5.74, 6) is -1.67. The number of carboxylic acid groups (broad SMARTS) is 1. The number of hydrogen-bond acceptors (Lipinski definition) is 10. The van der Waals surface area contributed by atoms with E-state index in [4.69, 9.17) is 23.7 Å². The maximum absolute atomic E-state index is 12.4. The highest BCUT2D eigenvalue weighted by Crippen LogP contribution is 2.30. The van der Waals surface area contributed by atoms with Gasteiger partial charge < -0.3 is 34.1 Å². The molecule has 0 aliphatic carbocycles. The molecule has 220 valence electrons. The third-order valence-electron chi connectivity index (χ3n) is 5.56. The predicted octanol–water partition coefficient (Wildman–Crippen LogP) is 5.41. The molecule has 0 saturated heterocycles. The van der Waals surface area contributed by atoms with E-state index in [-0.39, 0.29) is 49.1 Å². The van der Waals surface area contributed by atoms with Gasteiger partial charge in [-0.15, -0.1) is 0 Å². The Labute approximate surface area is 230 Å². The lowest BCUT2D eigenvalue weighted by atomic mass is 10.0. The van der Waals surface area contributed by atoms with E-state index in [1.165, 1.54) is 12.1 Å². The topological polar surface area (TPSA) is 147 Å². The minimum absolute atomic E-state index is 0.000859. The Hall–Kier alpha value is -3.34. The van der Waals surface area contributed by atoms with Gasteiger partial charge in [-0.2, -0.15) is 0 Å². The molecule has 0 bridgehead atoms. The van der Waals surface area contributed by atoms with Crippen LogP contribution < -0.4 is 14.8 Å². The number of carbonyl (C=O) groups is 4. The summed E-state index contributed by atoms with van der Waals surface area (Å²) < 4.78 is 26.3. The van der Waals surface area contributed by atoms with Crippen molar-refractivity contribution in [2.24, 2.45) is 0 Å². The summed E-state index contributed by atoms with van der Waals surface area (Å²) in [6, 6.07) is 3.32. The zero-order valence-corrected chi connectivity index (χ0v) is 23.8. The second kappa shape index (κ2) is 18.0. The van der Waals surface area contributed by atoms with E-state index in [1.54, 1.807) is 26.8 Å². The van der Waals surface area contributed by atoms with Crippen LogP contribution >= 0.6 is 0 Å². The number of benzene rings is 1. The van der Waals surface area contributed by atoms with Gasteiger partial charge in [0.15, 0.2) is 11.5 Å². The maximum Gasteiger partial charge on any atom is 0.514 e. The fourth-order valence-corrected chi connectivity index (χ4v) is 3.65. The van der Waals surface area contributed by atoms with Gasteiger partial charge in [0.2, 0.25) is 0 Å². The summed E-state index contributed by atoms with van der Waals surface area (Å²) >= 11 is 0. The lowest BCUT2D eigenvalue weighted by Crippen LogP contribution is -2.42. The molecule has 0 fully saturated rings. The third-order valence-corrected chi connectivity index (χ3v) is 5.56. The summed E-state index contributed by atoms with van der Waals surface area (Å²) in [5.41, 5.74) is 0.481. The quantitative estimate of drug-likeness (QED) is 0.145. The van der Waals surface area contributed by atoms with Gasteiger partial charge in [-0.25, -0.2) is 9.59 Å². The van der Waals surface area contributed by atoms with Gasteiger partial charge in [0.05, 0.1) is 0 Å². The summed E-state index contributed by atoms with van der Waals surface area (Å²) in [7, 11) is 0. The van der Waals surface area contributed by atoms with Gasteiger partial charge in [0.25, 0.3) is 0 Å². The molecule has 2 N–H and O–H groups in total. The number of carboxylic acids is 1. The number of rotatable bonds is 17. The van der Waals surface area contributed by atoms with Crippen LogP contribution in [0.4, 0.5) is 9.59 Å². The second-order valence-corrected chi connectivity index (χ2v) is 9.47. The first-order chi connectivity index (χ1) is 18.5. The maximum atomic E-state index is 12.4. The number of aliphatic carboxylic acids is 1. The smallest absolute Gasteiger partial charge is 0.480 e. The first kappa shape index (κ1) is 33.7. The van der Waals surface area contributed by atoms with E-state index in [9.17, 15) is 24.3 Å². The Morgan fingerprint density at radius 3 is 1.87 bits per heavy atom. The number of ether oxygens (including phenoxy) is 5. The summed E-state index contributed by atoms with van der Waals surface area (Å²) in [6.07, 6.45) is 0.633. The molecule has 11 nitrogen and oxygen atoms in total. The molecule has 1 aromatic rings. The molecule has 1 aromatic carbocycles. The Kier molecular flexibility index (Phi) is 15.6. The van der Waals surface area contributed by atoms with Crippen molar-refractivity contribution in [1.82, 2.24) is 5.32 Å². The van der Waals surface area contributed by atoms with Crippen LogP contribution in [0.1, 0.15) is 85.6 Å². The predicted molar refractivity (Wildman–Crippen MR) is 143 cm³/mol. The highest BCUT2D eigenvalue weighted by molar-refractivity contribution is 5.74. The van der Waals surface area contributed by atoms with E-state index in [0.717, 1.165) is 12.8 Å². The van der Waals surface area contributed by atoms with Crippen LogP contribution in [-0.2, 0) is 30.2 Å². The van der Waals surface area contributed by atoms with Crippen molar-refractivity contribution >= 4 is 24.2 Å². The van der Waals surface area contributed by atoms with Crippen molar-refractivity contribution in [2.75, 3.05) is 6.54 Å². The van der Waals surface area contributed by atoms with E-state index in [1.807, 2.05) is 20.8 Å². The molecule has 0 spiro atoms. The molecule has 3 unspecified atom stereocenters. The van der Waals surface area contributed by atoms with Crippen LogP contribution in [0, 0.1) is 0 Å². The summed E-state index contributed by atoms with van der Waals surface area (Å²) in [4.78, 5) is 48.2. The third kappa shape index (κ3) is 13.9. The molecule has 0 amide bonds. The average molecular weight is 554 g/mol. The van der Waals surface area contributed by atoms with Crippen molar-refractivity contribution in [3.05, 3.63) is 23.8 Å². The standard InChI is InChI=1S/C28H43NO10/c1-7-10-18(4)36-27(33)38-23-14-13-21(16-24(23)39-28(34)37-19(5)11-8-2)15-22(26(31)32)29-17-20(6)35-25(30)12-9-3/h13-14,16,18-20,22,29H,7-12,15,17H2,1-6H3,(H,31,32)/t18?,19?,20?,22-/m0/s1. The number of carbonyl (C=O) groups excluding carboxylic acids is 3. The Balaban J connectivity index is 3.04. The normalized spacial score (nSPS) is 13.9. The van der Waals surface area contributed by atoms with Gasteiger partial charge in [0, 0.05) is 13.0 Å². The molecule has 0 radical (unpaired) electrons. The molecule has 4 atom stereocenters. The zero-order chi connectivity index (χ0) is 29.4. The van der Waals surface area contributed by atoms with Crippen LogP contribution in [0.25, 0.3) is 0 Å². The first-order valence-corrected chi connectivity index (χ1v) is 13.5. The molecule has 11 heteroatoms. The largest absolute Gasteiger partial charge is 0.514 e. The molecule has 0 aliphatic rings. The minimum Gasteiger partial charge on any atom is -0.480 e. The van der Waals surface area contributed by atoms with Crippen LogP contribution in [-0.4, -0.2) is 60.3 Å². The zero-order valence-electron chi connectivity index (χ0n) is 23.8. The number of esters is 1. The molecule has 0 aliphatic heterocycles. The molecular formula is C28H43NO10. The van der Waals surface area contributed by atoms with Crippen molar-refractivity contribution in [3.8, 4) is 11.5 Å². The molecule has 0 aromatic heterocycles. The van der Waals surface area contributed by atoms with Crippen molar-refractivity contribution in [3.63, 3.8) is 0 Å². The van der Waals surface area contributed by atoms with Crippen LogP contribution in [0.3, 0.4) is 0 Å². The SMILES string of the molecule is CCCC(=O)OC(C)CN[C@@H](Cc1ccc(OC(=O)OC(C)CCC)c(OC(=O)OC(C)CCC)c1)C(=O)O. The van der Waals surface area contributed by atoms with Gasteiger partial charge in [0.1, 0.15) is 24.4 Å². The lowest BCUT2D eigenvalue weighted by Gasteiger charge is -2.19. The Morgan fingerprint density at radius 1 is 0.795 bits per heavy atom. The Morgan fingerprint density at radius 2 is 1.36 bits per heavy atom. The van der Waals surface area contributed by atoms with Crippen molar-refractivity contribution < 1.29 is 48.0 Å². The average Bonchev–Trinajstić information content (AvgIpc) is 2.83. The van der Waals surface area contributed by atoms with Gasteiger partial charge in [-0.3, -0.25) is 9.59 Å². The minimum atomic E-state index is -1.12. The number of nitrogens with one attached hydrogen (secondary N) is 1. The monoisotopic (exact) mass is 553 g/mol. The fourth-order valence-electron chi connectivity index (χ4n) is 3.65. The van der Waals surface area contributed by atoms with E-state index < -0.39 is 30.4 Å².